The van der Waals surface area contributed by atoms with E-state index in [9.17, 15) is 18.0 Å². The average Bonchev–Trinajstić information content (AvgIpc) is 3.13. The highest BCUT2D eigenvalue weighted by atomic mass is 32.2. The Morgan fingerprint density at radius 2 is 1.97 bits per heavy atom. The fourth-order valence-corrected chi connectivity index (χ4v) is 5.48. The highest BCUT2D eigenvalue weighted by Crippen LogP contribution is 2.27. The molecule has 170 valence electrons. The van der Waals surface area contributed by atoms with Crippen LogP contribution in [0.5, 0.6) is 0 Å². The topological polar surface area (TPSA) is 123 Å². The number of morpholine rings is 1. The fraction of sp³-hybridized carbons (Fsp3) is 0.526. The van der Waals surface area contributed by atoms with E-state index in [4.69, 9.17) is 4.74 Å². The van der Waals surface area contributed by atoms with Gasteiger partial charge in [-0.1, -0.05) is 18.7 Å². The lowest BCUT2D eigenvalue weighted by atomic mass is 10.3. The number of carbonyl (C=O) groups excluding carboxylic acids is 2. The quantitative estimate of drug-likeness (QED) is 0.560. The standard InChI is InChI=1S/C19H27N5O5S2/c1-3-7-20-18(26)22-17(25)13-30-19-21-15-12-14(5-6-16(15)24(19)4-2)31(27,28)23-8-10-29-11-9-23/h5-6,12H,3-4,7-11,13H2,1-2H3,(H2,20,22,25,26). The smallest absolute Gasteiger partial charge is 0.321 e. The molecule has 2 N–H and O–H groups in total. The molecule has 2 heterocycles. The molecule has 0 unspecified atom stereocenters. The van der Waals surface area contributed by atoms with E-state index in [0.717, 1.165) is 11.9 Å². The summed E-state index contributed by atoms with van der Waals surface area (Å²) in [6.07, 6.45) is 0.778. The fourth-order valence-electron chi connectivity index (χ4n) is 3.18. The number of amides is 3. The summed E-state index contributed by atoms with van der Waals surface area (Å²) in [7, 11) is -3.62. The number of hydrogen-bond donors (Lipinski definition) is 2. The van der Waals surface area contributed by atoms with Crippen LogP contribution in [-0.2, 0) is 26.1 Å². The molecule has 31 heavy (non-hydrogen) atoms. The van der Waals surface area contributed by atoms with Crippen LogP contribution in [-0.4, -0.2) is 72.8 Å². The number of sulfonamides is 1. The van der Waals surface area contributed by atoms with Crippen LogP contribution in [0.1, 0.15) is 20.3 Å². The van der Waals surface area contributed by atoms with E-state index in [-0.39, 0.29) is 10.6 Å². The third kappa shape index (κ3) is 5.56. The average molecular weight is 470 g/mol. The lowest BCUT2D eigenvalue weighted by Crippen LogP contribution is -2.40. The van der Waals surface area contributed by atoms with Crippen molar-refractivity contribution in [2.75, 3.05) is 38.6 Å². The number of aryl methyl sites for hydroxylation is 1. The third-order valence-corrected chi connectivity index (χ3v) is 7.60. The summed E-state index contributed by atoms with van der Waals surface area (Å²) in [5, 5.41) is 5.45. The van der Waals surface area contributed by atoms with E-state index in [1.54, 1.807) is 18.2 Å². The molecule has 10 nitrogen and oxygen atoms in total. The SMILES string of the molecule is CCCNC(=O)NC(=O)CSc1nc2cc(S(=O)(=O)N3CCOCC3)ccc2n1CC. The number of ether oxygens (including phenoxy) is 1. The molecule has 1 saturated heterocycles. The van der Waals surface area contributed by atoms with Gasteiger partial charge in [-0.05, 0) is 31.5 Å². The van der Waals surface area contributed by atoms with E-state index >= 15 is 0 Å². The molecule has 0 radical (unpaired) electrons. The second-order valence-corrected chi connectivity index (χ2v) is 9.78. The lowest BCUT2D eigenvalue weighted by Gasteiger charge is -2.26. The summed E-state index contributed by atoms with van der Waals surface area (Å²) in [4.78, 5) is 28.4. The first-order chi connectivity index (χ1) is 14.9. The van der Waals surface area contributed by atoms with Gasteiger partial charge in [-0.15, -0.1) is 0 Å². The lowest BCUT2D eigenvalue weighted by molar-refractivity contribution is -0.117. The predicted molar refractivity (Wildman–Crippen MR) is 118 cm³/mol. The molecule has 1 aliphatic heterocycles. The zero-order valence-electron chi connectivity index (χ0n) is 17.6. The molecule has 1 fully saturated rings. The number of nitrogens with one attached hydrogen (secondary N) is 2. The molecule has 2 aromatic rings. The predicted octanol–water partition coefficient (Wildman–Crippen LogP) is 1.41. The van der Waals surface area contributed by atoms with Gasteiger partial charge in [0, 0.05) is 26.2 Å². The van der Waals surface area contributed by atoms with Gasteiger partial charge in [0.1, 0.15) is 0 Å². The van der Waals surface area contributed by atoms with Gasteiger partial charge in [0.05, 0.1) is 34.9 Å². The van der Waals surface area contributed by atoms with Crippen LogP contribution >= 0.6 is 11.8 Å². The Labute approximate surface area is 185 Å². The molecule has 12 heteroatoms. The monoisotopic (exact) mass is 469 g/mol. The van der Waals surface area contributed by atoms with Crippen LogP contribution in [0.4, 0.5) is 4.79 Å². The van der Waals surface area contributed by atoms with Crippen LogP contribution < -0.4 is 10.6 Å². The first-order valence-electron chi connectivity index (χ1n) is 10.2. The molecule has 3 amide bonds. The number of benzene rings is 1. The van der Waals surface area contributed by atoms with Crippen molar-refractivity contribution >= 4 is 44.8 Å². The van der Waals surface area contributed by atoms with Crippen molar-refractivity contribution in [3.8, 4) is 0 Å². The first-order valence-corrected chi connectivity index (χ1v) is 12.6. The molecule has 0 atom stereocenters. The van der Waals surface area contributed by atoms with Gasteiger partial charge in [0.15, 0.2) is 5.16 Å². The number of imide groups is 1. The van der Waals surface area contributed by atoms with Gasteiger partial charge < -0.3 is 14.6 Å². The van der Waals surface area contributed by atoms with Gasteiger partial charge in [0.25, 0.3) is 0 Å². The van der Waals surface area contributed by atoms with E-state index in [2.05, 4.69) is 15.6 Å². The van der Waals surface area contributed by atoms with Gasteiger partial charge >= 0.3 is 6.03 Å². The number of fused-ring (bicyclic) bond motifs is 1. The Bertz CT molecular complexity index is 1050. The van der Waals surface area contributed by atoms with Crippen molar-refractivity contribution < 1.29 is 22.7 Å². The minimum Gasteiger partial charge on any atom is -0.379 e. The number of thioether (sulfide) groups is 1. The summed E-state index contributed by atoms with van der Waals surface area (Å²) in [5.74, 6) is -0.411. The summed E-state index contributed by atoms with van der Waals surface area (Å²) < 4.78 is 34.4. The van der Waals surface area contributed by atoms with Crippen LogP contribution in [0.2, 0.25) is 0 Å². The van der Waals surface area contributed by atoms with Crippen molar-refractivity contribution in [3.05, 3.63) is 18.2 Å². The van der Waals surface area contributed by atoms with Crippen molar-refractivity contribution in [3.63, 3.8) is 0 Å². The summed E-state index contributed by atoms with van der Waals surface area (Å²) in [6.45, 7) is 6.38. The minimum absolute atomic E-state index is 0.0157. The normalized spacial score (nSPS) is 15.2. The van der Waals surface area contributed by atoms with Crippen molar-refractivity contribution in [2.45, 2.75) is 36.9 Å². The largest absolute Gasteiger partial charge is 0.379 e. The molecule has 1 aromatic heterocycles. The Kier molecular flexibility index (Phi) is 7.92. The van der Waals surface area contributed by atoms with Crippen molar-refractivity contribution in [1.82, 2.24) is 24.5 Å². The molecular weight excluding hydrogens is 442 g/mol. The Morgan fingerprint density at radius 3 is 2.65 bits per heavy atom. The maximum absolute atomic E-state index is 12.9. The van der Waals surface area contributed by atoms with Crippen LogP contribution in [0, 0.1) is 0 Å². The van der Waals surface area contributed by atoms with Crippen molar-refractivity contribution in [1.29, 1.82) is 0 Å². The van der Waals surface area contributed by atoms with E-state index in [0.29, 0.717) is 50.1 Å². The number of imidazole rings is 1. The number of rotatable bonds is 8. The molecule has 0 spiro atoms. The van der Waals surface area contributed by atoms with E-state index in [1.165, 1.54) is 16.1 Å². The van der Waals surface area contributed by atoms with Gasteiger partial charge in [-0.2, -0.15) is 4.31 Å². The van der Waals surface area contributed by atoms with Gasteiger partial charge in [-0.25, -0.2) is 18.2 Å². The molecular formula is C19H27N5O5S2. The number of aromatic nitrogens is 2. The second kappa shape index (κ2) is 10.4. The second-order valence-electron chi connectivity index (χ2n) is 6.90. The van der Waals surface area contributed by atoms with E-state index in [1.807, 2.05) is 18.4 Å². The maximum atomic E-state index is 12.9. The van der Waals surface area contributed by atoms with E-state index < -0.39 is 22.0 Å². The Morgan fingerprint density at radius 1 is 1.23 bits per heavy atom. The zero-order valence-corrected chi connectivity index (χ0v) is 19.2. The van der Waals surface area contributed by atoms with Crippen LogP contribution in [0.25, 0.3) is 11.0 Å². The Hall–Kier alpha value is -2.15. The number of urea groups is 1. The summed E-state index contributed by atoms with van der Waals surface area (Å²) >= 11 is 1.20. The Balaban J connectivity index is 1.76. The summed E-state index contributed by atoms with van der Waals surface area (Å²) in [6, 6.07) is 4.37. The first kappa shape index (κ1) is 23.5. The number of nitrogens with zero attached hydrogens (tertiary/aromatic N) is 3. The van der Waals surface area contributed by atoms with Crippen molar-refractivity contribution in [2.24, 2.45) is 0 Å². The van der Waals surface area contributed by atoms with Crippen LogP contribution in [0.15, 0.2) is 28.3 Å². The minimum atomic E-state index is -3.62. The van der Waals surface area contributed by atoms with Gasteiger partial charge in [-0.3, -0.25) is 10.1 Å². The van der Waals surface area contributed by atoms with Crippen LogP contribution in [0.3, 0.4) is 0 Å². The third-order valence-electron chi connectivity index (χ3n) is 4.73. The van der Waals surface area contributed by atoms with Gasteiger partial charge in [0.2, 0.25) is 15.9 Å². The maximum Gasteiger partial charge on any atom is 0.321 e. The molecule has 3 rings (SSSR count). The highest BCUT2D eigenvalue weighted by Gasteiger charge is 2.27. The highest BCUT2D eigenvalue weighted by molar-refractivity contribution is 7.99. The zero-order chi connectivity index (χ0) is 22.4. The molecule has 0 aliphatic carbocycles. The molecule has 0 saturated carbocycles. The molecule has 0 bridgehead atoms. The number of hydrogen-bond acceptors (Lipinski definition) is 7. The number of carbonyl (C=O) groups is 2. The molecule has 1 aromatic carbocycles. The molecule has 1 aliphatic rings. The summed E-state index contributed by atoms with van der Waals surface area (Å²) in [5.41, 5.74) is 1.33.